The lowest BCUT2D eigenvalue weighted by Gasteiger charge is -2.34. The summed E-state index contributed by atoms with van der Waals surface area (Å²) in [6, 6.07) is 6.73. The van der Waals surface area contributed by atoms with Crippen LogP contribution < -0.4 is 0 Å². The van der Waals surface area contributed by atoms with Crippen LogP contribution in [0, 0.1) is 11.7 Å². The van der Waals surface area contributed by atoms with Crippen LogP contribution in [-0.2, 0) is 4.79 Å². The molecule has 5 heteroatoms. The average Bonchev–Trinajstić information content (AvgIpc) is 2.39. The van der Waals surface area contributed by atoms with Crippen LogP contribution in [0.5, 0.6) is 0 Å². The van der Waals surface area contributed by atoms with Crippen molar-refractivity contribution in [2.75, 3.05) is 13.1 Å². The van der Waals surface area contributed by atoms with Gasteiger partial charge in [0.05, 0.1) is 5.92 Å². The Morgan fingerprint density at radius 3 is 2.32 bits per heavy atom. The van der Waals surface area contributed by atoms with E-state index in [1.54, 1.807) is 12.1 Å². The first-order valence-electron chi connectivity index (χ1n) is 6.30. The lowest BCUT2D eigenvalue weighted by Crippen LogP contribution is -2.37. The topological polar surface area (TPSA) is 40.5 Å². The van der Waals surface area contributed by atoms with Crippen molar-refractivity contribution in [1.82, 2.24) is 4.90 Å². The number of hydrogen-bond acceptors (Lipinski definition) is 2. The van der Waals surface area contributed by atoms with Gasteiger partial charge in [0.2, 0.25) is 0 Å². The van der Waals surface area contributed by atoms with Gasteiger partial charge in [-0.05, 0) is 50.6 Å². The summed E-state index contributed by atoms with van der Waals surface area (Å²) >= 11 is 0. The number of likely N-dealkylation sites (tertiary alicyclic amines) is 1. The standard InChI is InChI=1S/C14H18FNO2.ClH/c1-10(11-2-4-13(15)5-3-11)16-8-6-12(7-9-16)14(17)18;/h2-5,10,12H,6-9H2,1H3,(H,17,18);1H. The minimum Gasteiger partial charge on any atom is -0.481 e. The first-order chi connectivity index (χ1) is 8.58. The Bertz CT molecular complexity index is 416. The van der Waals surface area contributed by atoms with Crippen LogP contribution in [0.15, 0.2) is 24.3 Å². The molecule has 0 bridgehead atoms. The van der Waals surface area contributed by atoms with Gasteiger partial charge in [0.25, 0.3) is 0 Å². The van der Waals surface area contributed by atoms with E-state index in [1.165, 1.54) is 12.1 Å². The Kier molecular flexibility index (Phi) is 5.76. The van der Waals surface area contributed by atoms with Gasteiger partial charge in [-0.25, -0.2) is 4.39 Å². The first-order valence-corrected chi connectivity index (χ1v) is 6.30. The summed E-state index contributed by atoms with van der Waals surface area (Å²) in [6.45, 7) is 3.65. The molecule has 1 unspecified atom stereocenters. The smallest absolute Gasteiger partial charge is 0.306 e. The van der Waals surface area contributed by atoms with Crippen LogP contribution in [0.3, 0.4) is 0 Å². The van der Waals surface area contributed by atoms with E-state index in [0.29, 0.717) is 12.8 Å². The Labute approximate surface area is 118 Å². The summed E-state index contributed by atoms with van der Waals surface area (Å²) < 4.78 is 12.9. The molecule has 0 aromatic heterocycles. The van der Waals surface area contributed by atoms with Crippen LogP contribution in [-0.4, -0.2) is 29.1 Å². The summed E-state index contributed by atoms with van der Waals surface area (Å²) in [4.78, 5) is 13.1. The molecule has 0 aliphatic carbocycles. The number of halogens is 2. The molecule has 106 valence electrons. The molecule has 0 amide bonds. The Hall–Kier alpha value is -1.13. The molecular formula is C14H19ClFNO2. The maximum absolute atomic E-state index is 12.9. The highest BCUT2D eigenvalue weighted by Crippen LogP contribution is 2.26. The van der Waals surface area contributed by atoms with Crippen molar-refractivity contribution in [1.29, 1.82) is 0 Å². The number of piperidine rings is 1. The molecule has 1 saturated heterocycles. The van der Waals surface area contributed by atoms with Crippen molar-refractivity contribution in [3.8, 4) is 0 Å². The van der Waals surface area contributed by atoms with E-state index >= 15 is 0 Å². The number of benzene rings is 1. The van der Waals surface area contributed by atoms with Gasteiger partial charge < -0.3 is 5.11 Å². The third-order valence-electron chi connectivity index (χ3n) is 3.78. The van der Waals surface area contributed by atoms with E-state index in [9.17, 15) is 9.18 Å². The van der Waals surface area contributed by atoms with Gasteiger partial charge in [-0.15, -0.1) is 12.4 Å². The largest absolute Gasteiger partial charge is 0.481 e. The van der Waals surface area contributed by atoms with E-state index in [-0.39, 0.29) is 30.2 Å². The molecule has 1 atom stereocenters. The third-order valence-corrected chi connectivity index (χ3v) is 3.78. The van der Waals surface area contributed by atoms with Crippen molar-refractivity contribution >= 4 is 18.4 Å². The fraction of sp³-hybridized carbons (Fsp3) is 0.500. The highest BCUT2D eigenvalue weighted by Gasteiger charge is 2.27. The van der Waals surface area contributed by atoms with Gasteiger partial charge in [-0.3, -0.25) is 9.69 Å². The highest BCUT2D eigenvalue weighted by atomic mass is 35.5. The molecule has 1 aromatic rings. The summed E-state index contributed by atoms with van der Waals surface area (Å²) in [5, 5.41) is 8.95. The van der Waals surface area contributed by atoms with Crippen molar-refractivity contribution in [2.45, 2.75) is 25.8 Å². The zero-order valence-corrected chi connectivity index (χ0v) is 11.7. The molecular weight excluding hydrogens is 269 g/mol. The maximum atomic E-state index is 12.9. The van der Waals surface area contributed by atoms with Crippen molar-refractivity contribution in [3.63, 3.8) is 0 Å². The van der Waals surface area contributed by atoms with Crippen LogP contribution in [0.1, 0.15) is 31.4 Å². The zero-order valence-electron chi connectivity index (χ0n) is 10.9. The second kappa shape index (κ2) is 6.87. The molecule has 2 rings (SSSR count). The van der Waals surface area contributed by atoms with Crippen molar-refractivity contribution in [3.05, 3.63) is 35.6 Å². The lowest BCUT2D eigenvalue weighted by atomic mass is 9.95. The fourth-order valence-electron chi connectivity index (χ4n) is 2.49. The zero-order chi connectivity index (χ0) is 13.1. The minimum atomic E-state index is -0.691. The molecule has 1 fully saturated rings. The summed E-state index contributed by atoms with van der Waals surface area (Å²) in [5.41, 5.74) is 1.07. The second-order valence-electron chi connectivity index (χ2n) is 4.88. The van der Waals surface area contributed by atoms with Crippen LogP contribution in [0.4, 0.5) is 4.39 Å². The van der Waals surface area contributed by atoms with Gasteiger partial charge in [0.1, 0.15) is 5.82 Å². The van der Waals surface area contributed by atoms with E-state index in [1.807, 2.05) is 0 Å². The van der Waals surface area contributed by atoms with E-state index in [2.05, 4.69) is 11.8 Å². The van der Waals surface area contributed by atoms with Crippen LogP contribution in [0.25, 0.3) is 0 Å². The van der Waals surface area contributed by atoms with Crippen molar-refractivity contribution < 1.29 is 14.3 Å². The second-order valence-corrected chi connectivity index (χ2v) is 4.88. The predicted octanol–water partition coefficient (Wildman–Crippen LogP) is 3.11. The molecule has 1 heterocycles. The maximum Gasteiger partial charge on any atom is 0.306 e. The van der Waals surface area contributed by atoms with Gasteiger partial charge in [0.15, 0.2) is 0 Å². The van der Waals surface area contributed by atoms with Gasteiger partial charge >= 0.3 is 5.97 Å². The number of carboxylic acids is 1. The Balaban J connectivity index is 0.00000180. The quantitative estimate of drug-likeness (QED) is 0.929. The number of carbonyl (C=O) groups is 1. The molecule has 3 nitrogen and oxygen atoms in total. The third kappa shape index (κ3) is 3.91. The lowest BCUT2D eigenvalue weighted by molar-refractivity contribution is -0.143. The summed E-state index contributed by atoms with van der Waals surface area (Å²) in [6.07, 6.45) is 1.39. The molecule has 1 aliphatic rings. The van der Waals surface area contributed by atoms with E-state index in [4.69, 9.17) is 5.11 Å². The van der Waals surface area contributed by atoms with E-state index in [0.717, 1.165) is 18.7 Å². The monoisotopic (exact) mass is 287 g/mol. The number of hydrogen-bond donors (Lipinski definition) is 1. The van der Waals surface area contributed by atoms with Crippen molar-refractivity contribution in [2.24, 2.45) is 5.92 Å². The molecule has 0 spiro atoms. The van der Waals surface area contributed by atoms with Crippen LogP contribution >= 0.6 is 12.4 Å². The highest BCUT2D eigenvalue weighted by molar-refractivity contribution is 5.85. The molecule has 0 radical (unpaired) electrons. The Morgan fingerprint density at radius 1 is 1.32 bits per heavy atom. The first kappa shape index (κ1) is 15.9. The molecule has 1 aliphatic heterocycles. The van der Waals surface area contributed by atoms with Gasteiger partial charge in [0, 0.05) is 6.04 Å². The summed E-state index contributed by atoms with van der Waals surface area (Å²) in [5.74, 6) is -1.12. The van der Waals surface area contributed by atoms with Gasteiger partial charge in [-0.2, -0.15) is 0 Å². The van der Waals surface area contributed by atoms with Crippen LogP contribution in [0.2, 0.25) is 0 Å². The normalized spacial score (nSPS) is 18.6. The number of rotatable bonds is 3. The fourth-order valence-corrected chi connectivity index (χ4v) is 2.49. The van der Waals surface area contributed by atoms with Gasteiger partial charge in [-0.1, -0.05) is 12.1 Å². The predicted molar refractivity (Wildman–Crippen MR) is 74.0 cm³/mol. The summed E-state index contributed by atoms with van der Waals surface area (Å²) in [7, 11) is 0. The Morgan fingerprint density at radius 2 is 1.84 bits per heavy atom. The molecule has 19 heavy (non-hydrogen) atoms. The molecule has 0 saturated carbocycles. The molecule has 1 aromatic carbocycles. The van der Waals surface area contributed by atoms with E-state index < -0.39 is 5.97 Å². The number of carboxylic acid groups (broad SMARTS) is 1. The number of aliphatic carboxylic acids is 1. The average molecular weight is 288 g/mol. The SMILES string of the molecule is CC(c1ccc(F)cc1)N1CCC(C(=O)O)CC1.Cl. The number of nitrogens with zero attached hydrogens (tertiary/aromatic N) is 1. The molecule has 1 N–H and O–H groups in total. The minimum absolute atomic E-state index is 0.